The zero-order chi connectivity index (χ0) is 14.7. The summed E-state index contributed by atoms with van der Waals surface area (Å²) in [5.74, 6) is 2.64. The second kappa shape index (κ2) is 6.48. The predicted molar refractivity (Wildman–Crippen MR) is 85.7 cm³/mol. The number of nitrogens with one attached hydrogen (secondary N) is 1. The summed E-state index contributed by atoms with van der Waals surface area (Å²) in [6.45, 7) is 3.85. The molecule has 0 unspecified atom stereocenters. The van der Waals surface area contributed by atoms with E-state index in [0.717, 1.165) is 36.2 Å². The lowest BCUT2D eigenvalue weighted by Crippen LogP contribution is -2.37. The number of aliphatic imine (C=N–C) groups is 1. The summed E-state index contributed by atoms with van der Waals surface area (Å²) in [5.41, 5.74) is 2.15. The summed E-state index contributed by atoms with van der Waals surface area (Å²) in [5, 5.41) is 13.1. The molecule has 0 saturated heterocycles. The molecule has 0 radical (unpaired) electrons. The average molecular weight is 287 g/mol. The van der Waals surface area contributed by atoms with Gasteiger partial charge in [-0.25, -0.2) is 4.99 Å². The number of hydrogen-bond acceptors (Lipinski definition) is 4. The highest BCUT2D eigenvalue weighted by Gasteiger charge is 2.23. The van der Waals surface area contributed by atoms with Crippen molar-refractivity contribution in [1.29, 1.82) is 0 Å². The van der Waals surface area contributed by atoms with Gasteiger partial charge in [-0.2, -0.15) is 0 Å². The standard InChI is InChI=1S/C17H25N3O/c1-13-6-5-9-20-11-15(12-21)16(19-17(13)20)18-10-14-7-3-2-4-8-14/h5-6,9,14,18,21H,2-4,7-8,10-12H2,1H3. The molecule has 4 heteroatoms. The van der Waals surface area contributed by atoms with Crippen molar-refractivity contribution >= 4 is 5.84 Å². The molecule has 0 bridgehead atoms. The van der Waals surface area contributed by atoms with Crippen molar-refractivity contribution in [2.24, 2.45) is 10.9 Å². The van der Waals surface area contributed by atoms with Crippen molar-refractivity contribution < 1.29 is 5.11 Å². The van der Waals surface area contributed by atoms with E-state index in [9.17, 15) is 5.11 Å². The van der Waals surface area contributed by atoms with E-state index in [0.29, 0.717) is 0 Å². The van der Waals surface area contributed by atoms with Gasteiger partial charge >= 0.3 is 0 Å². The second-order valence-corrected chi connectivity index (χ2v) is 6.25. The van der Waals surface area contributed by atoms with Crippen LogP contribution in [0.15, 0.2) is 40.3 Å². The fourth-order valence-corrected chi connectivity index (χ4v) is 3.33. The first-order chi connectivity index (χ1) is 10.3. The summed E-state index contributed by atoms with van der Waals surface area (Å²) < 4.78 is 0. The molecule has 2 heterocycles. The average Bonchev–Trinajstić information content (AvgIpc) is 2.53. The Morgan fingerprint density at radius 1 is 1.33 bits per heavy atom. The molecule has 2 aliphatic heterocycles. The van der Waals surface area contributed by atoms with E-state index in [1.54, 1.807) is 0 Å². The molecule has 3 rings (SSSR count). The van der Waals surface area contributed by atoms with Crippen LogP contribution < -0.4 is 5.32 Å². The van der Waals surface area contributed by atoms with E-state index in [-0.39, 0.29) is 6.61 Å². The first-order valence-electron chi connectivity index (χ1n) is 8.05. The van der Waals surface area contributed by atoms with Crippen LogP contribution in [-0.4, -0.2) is 35.5 Å². The maximum absolute atomic E-state index is 9.62. The van der Waals surface area contributed by atoms with Gasteiger partial charge in [-0.1, -0.05) is 25.3 Å². The van der Waals surface area contributed by atoms with Crippen LogP contribution in [0.25, 0.3) is 0 Å². The maximum Gasteiger partial charge on any atom is 0.138 e. The summed E-state index contributed by atoms with van der Waals surface area (Å²) >= 11 is 0. The number of amidine groups is 1. The Morgan fingerprint density at radius 3 is 2.90 bits per heavy atom. The Bertz CT molecular complexity index is 510. The zero-order valence-corrected chi connectivity index (χ0v) is 12.8. The summed E-state index contributed by atoms with van der Waals surface area (Å²) in [6, 6.07) is 0. The molecule has 0 aromatic rings. The normalized spacial score (nSPS) is 22.9. The molecule has 2 N–H and O–H groups in total. The fraction of sp³-hybridized carbons (Fsp3) is 0.588. The van der Waals surface area contributed by atoms with E-state index < -0.39 is 0 Å². The van der Waals surface area contributed by atoms with Gasteiger partial charge in [0.05, 0.1) is 13.2 Å². The van der Waals surface area contributed by atoms with E-state index in [4.69, 9.17) is 4.99 Å². The second-order valence-electron chi connectivity index (χ2n) is 6.25. The molecular formula is C17H25N3O. The van der Waals surface area contributed by atoms with Crippen molar-refractivity contribution in [3.8, 4) is 0 Å². The van der Waals surface area contributed by atoms with Crippen LogP contribution in [0.2, 0.25) is 0 Å². The molecule has 1 aliphatic carbocycles. The van der Waals surface area contributed by atoms with Gasteiger partial charge in [0.2, 0.25) is 0 Å². The van der Waals surface area contributed by atoms with Gasteiger partial charge in [0.1, 0.15) is 11.7 Å². The molecule has 0 aromatic carbocycles. The minimum atomic E-state index is 0.0664. The highest BCUT2D eigenvalue weighted by atomic mass is 16.3. The smallest absolute Gasteiger partial charge is 0.138 e. The number of hydrogen-bond donors (Lipinski definition) is 2. The minimum absolute atomic E-state index is 0.0664. The quantitative estimate of drug-likeness (QED) is 0.835. The monoisotopic (exact) mass is 287 g/mol. The molecule has 1 fully saturated rings. The number of rotatable bonds is 4. The highest BCUT2D eigenvalue weighted by molar-refractivity contribution is 6.01. The van der Waals surface area contributed by atoms with Crippen molar-refractivity contribution in [2.45, 2.75) is 39.0 Å². The Hall–Kier alpha value is -1.55. The number of fused-ring (bicyclic) bond motifs is 1. The van der Waals surface area contributed by atoms with E-state index in [2.05, 4.69) is 23.2 Å². The molecule has 0 aromatic heterocycles. The molecule has 0 amide bonds. The van der Waals surface area contributed by atoms with Gasteiger partial charge in [0.15, 0.2) is 0 Å². The van der Waals surface area contributed by atoms with E-state index in [1.165, 1.54) is 37.7 Å². The van der Waals surface area contributed by atoms with E-state index in [1.807, 2.05) is 12.3 Å². The van der Waals surface area contributed by atoms with Crippen LogP contribution in [0.1, 0.15) is 39.0 Å². The molecule has 1 saturated carbocycles. The number of nitrogens with zero attached hydrogens (tertiary/aromatic N) is 2. The molecular weight excluding hydrogens is 262 g/mol. The first kappa shape index (κ1) is 14.4. The number of allylic oxidation sites excluding steroid dienone is 2. The Morgan fingerprint density at radius 2 is 2.14 bits per heavy atom. The summed E-state index contributed by atoms with van der Waals surface area (Å²) in [4.78, 5) is 6.86. The van der Waals surface area contributed by atoms with E-state index >= 15 is 0 Å². The molecule has 21 heavy (non-hydrogen) atoms. The van der Waals surface area contributed by atoms with Crippen LogP contribution >= 0.6 is 0 Å². The Labute approximate surface area is 126 Å². The Balaban J connectivity index is 1.71. The largest absolute Gasteiger partial charge is 0.392 e. The maximum atomic E-state index is 9.62. The van der Waals surface area contributed by atoms with Crippen LogP contribution in [0.5, 0.6) is 0 Å². The summed E-state index contributed by atoms with van der Waals surface area (Å²) in [6.07, 6.45) is 12.9. The first-order valence-corrected chi connectivity index (χ1v) is 8.05. The highest BCUT2D eigenvalue weighted by Crippen LogP contribution is 2.24. The fourth-order valence-electron chi connectivity index (χ4n) is 3.33. The lowest BCUT2D eigenvalue weighted by molar-refractivity contribution is 0.314. The van der Waals surface area contributed by atoms with Gasteiger partial charge < -0.3 is 15.3 Å². The topological polar surface area (TPSA) is 47.9 Å². The zero-order valence-electron chi connectivity index (χ0n) is 12.8. The minimum Gasteiger partial charge on any atom is -0.392 e. The molecule has 3 aliphatic rings. The third kappa shape index (κ3) is 3.21. The third-order valence-electron chi connectivity index (χ3n) is 4.62. The lowest BCUT2D eigenvalue weighted by Gasteiger charge is -2.32. The molecule has 0 spiro atoms. The third-order valence-corrected chi connectivity index (χ3v) is 4.62. The molecule has 4 nitrogen and oxygen atoms in total. The molecule has 0 atom stereocenters. The summed E-state index contributed by atoms with van der Waals surface area (Å²) in [7, 11) is 0. The number of aliphatic hydroxyl groups is 1. The molecule has 114 valence electrons. The number of aliphatic hydroxyl groups excluding tert-OH is 1. The van der Waals surface area contributed by atoms with Gasteiger partial charge in [-0.3, -0.25) is 0 Å². The van der Waals surface area contributed by atoms with Gasteiger partial charge in [0.25, 0.3) is 0 Å². The van der Waals surface area contributed by atoms with Crippen molar-refractivity contribution in [3.05, 3.63) is 35.3 Å². The van der Waals surface area contributed by atoms with Crippen LogP contribution in [-0.2, 0) is 0 Å². The van der Waals surface area contributed by atoms with Crippen molar-refractivity contribution in [3.63, 3.8) is 0 Å². The predicted octanol–water partition coefficient (Wildman–Crippen LogP) is 2.55. The van der Waals surface area contributed by atoms with Crippen LogP contribution in [0.4, 0.5) is 0 Å². The van der Waals surface area contributed by atoms with Gasteiger partial charge in [0, 0.05) is 18.3 Å². The van der Waals surface area contributed by atoms with Crippen molar-refractivity contribution in [1.82, 2.24) is 10.2 Å². The van der Waals surface area contributed by atoms with Crippen LogP contribution in [0.3, 0.4) is 0 Å². The SMILES string of the molecule is CC1=CC=CN2CC(CO)=C(NCC3CCCCC3)N=C12. The van der Waals surface area contributed by atoms with Crippen LogP contribution in [0, 0.1) is 5.92 Å². The van der Waals surface area contributed by atoms with Crippen molar-refractivity contribution in [2.75, 3.05) is 19.7 Å². The Kier molecular flexibility index (Phi) is 4.44. The lowest BCUT2D eigenvalue weighted by atomic mass is 9.89. The van der Waals surface area contributed by atoms with Gasteiger partial charge in [-0.05, 0) is 37.3 Å². The van der Waals surface area contributed by atoms with Gasteiger partial charge in [-0.15, -0.1) is 0 Å².